The smallest absolute Gasteiger partial charge is 0.298 e. The van der Waals surface area contributed by atoms with Gasteiger partial charge < -0.3 is 0 Å². The maximum absolute atomic E-state index is 13.0. The number of nitrogens with one attached hydrogen (secondary N) is 2. The number of halogens is 3. The molecule has 0 spiro atoms. The number of amides is 1. The molecule has 0 atom stereocenters. The lowest BCUT2D eigenvalue weighted by Gasteiger charge is -2.14. The average Bonchev–Trinajstić information content (AvgIpc) is 2.67. The average molecular weight is 387 g/mol. The summed E-state index contributed by atoms with van der Waals surface area (Å²) in [7, 11) is 0. The number of aromatic nitrogens is 1. The van der Waals surface area contributed by atoms with Crippen LogP contribution in [0.5, 0.6) is 0 Å². The summed E-state index contributed by atoms with van der Waals surface area (Å²) >= 11 is 0. The maximum Gasteiger partial charge on any atom is 0.416 e. The van der Waals surface area contributed by atoms with Crippen LogP contribution in [0.4, 0.5) is 18.9 Å². The molecule has 1 heterocycles. The molecule has 0 aliphatic rings. The number of rotatable bonds is 4. The number of hydrogen-bond acceptors (Lipinski definition) is 3. The van der Waals surface area contributed by atoms with E-state index >= 15 is 0 Å². The normalized spacial score (nSPS) is 11.1. The van der Waals surface area contributed by atoms with E-state index in [1.165, 1.54) is 24.3 Å². The number of pyridine rings is 1. The first-order chi connectivity index (χ1) is 13.3. The monoisotopic (exact) mass is 387 g/mol. The zero-order valence-corrected chi connectivity index (χ0v) is 14.7. The van der Waals surface area contributed by atoms with E-state index in [-0.39, 0.29) is 11.3 Å². The number of para-hydroxylation sites is 1. The Morgan fingerprint density at radius 1 is 0.964 bits per heavy atom. The van der Waals surface area contributed by atoms with E-state index in [9.17, 15) is 22.8 Å². The quantitative estimate of drug-likeness (QED) is 0.667. The molecule has 0 radical (unpaired) electrons. The second-order valence-electron chi connectivity index (χ2n) is 6.02. The van der Waals surface area contributed by atoms with E-state index in [0.717, 1.165) is 16.7 Å². The Kier molecular flexibility index (Phi) is 5.21. The van der Waals surface area contributed by atoms with Crippen molar-refractivity contribution in [3.05, 3.63) is 93.9 Å². The molecule has 28 heavy (non-hydrogen) atoms. The molecule has 144 valence electrons. The molecule has 3 rings (SSSR count). The van der Waals surface area contributed by atoms with Crippen molar-refractivity contribution in [2.45, 2.75) is 13.1 Å². The number of alkyl halides is 3. The number of hydrogen-bond donors (Lipinski definition) is 2. The van der Waals surface area contributed by atoms with Gasteiger partial charge in [0.05, 0.1) is 11.3 Å². The van der Waals surface area contributed by atoms with Crippen LogP contribution in [0.3, 0.4) is 0 Å². The first kappa shape index (κ1) is 19.2. The van der Waals surface area contributed by atoms with Gasteiger partial charge in [0.1, 0.15) is 5.56 Å². The summed E-state index contributed by atoms with van der Waals surface area (Å²) in [6.45, 7) is 1.57. The number of benzene rings is 2. The first-order valence-electron chi connectivity index (χ1n) is 8.29. The van der Waals surface area contributed by atoms with Gasteiger partial charge in [-0.05, 0) is 49.4 Å². The Morgan fingerprint density at radius 3 is 2.36 bits per heavy atom. The maximum atomic E-state index is 13.0. The number of hydrazine groups is 1. The van der Waals surface area contributed by atoms with Crippen LogP contribution in [0.1, 0.15) is 21.6 Å². The van der Waals surface area contributed by atoms with Gasteiger partial charge >= 0.3 is 6.18 Å². The molecule has 0 fully saturated rings. The van der Waals surface area contributed by atoms with Gasteiger partial charge in [0.25, 0.3) is 11.5 Å². The van der Waals surface area contributed by atoms with Gasteiger partial charge in [-0.1, -0.05) is 24.3 Å². The third-order valence-electron chi connectivity index (χ3n) is 4.05. The predicted molar refractivity (Wildman–Crippen MR) is 99.3 cm³/mol. The topological polar surface area (TPSA) is 63.1 Å². The largest absolute Gasteiger partial charge is 0.416 e. The molecular formula is C20H16F3N3O2. The minimum absolute atomic E-state index is 0.0305. The van der Waals surface area contributed by atoms with E-state index < -0.39 is 23.2 Å². The van der Waals surface area contributed by atoms with Crippen LogP contribution >= 0.6 is 0 Å². The molecule has 0 saturated heterocycles. The Labute approximate surface area is 158 Å². The zero-order valence-electron chi connectivity index (χ0n) is 14.7. The van der Waals surface area contributed by atoms with Gasteiger partial charge in [-0.15, -0.1) is 0 Å². The fraction of sp³-hybridized carbons (Fsp3) is 0.100. The van der Waals surface area contributed by atoms with E-state index in [0.29, 0.717) is 11.4 Å². The van der Waals surface area contributed by atoms with E-state index in [1.54, 1.807) is 37.3 Å². The predicted octanol–water partition coefficient (Wildman–Crippen LogP) is 3.92. The Balaban J connectivity index is 1.95. The molecule has 0 saturated carbocycles. The molecule has 1 amide bonds. The number of nitrogens with zero attached hydrogens (tertiary/aromatic N) is 1. The van der Waals surface area contributed by atoms with Gasteiger partial charge in [-0.3, -0.25) is 25.0 Å². The third-order valence-corrected chi connectivity index (χ3v) is 4.05. The van der Waals surface area contributed by atoms with Crippen molar-refractivity contribution in [2.24, 2.45) is 0 Å². The first-order valence-corrected chi connectivity index (χ1v) is 8.29. The second kappa shape index (κ2) is 7.59. The molecule has 5 nitrogen and oxygen atoms in total. The van der Waals surface area contributed by atoms with Gasteiger partial charge in [-0.25, -0.2) is 0 Å². The van der Waals surface area contributed by atoms with Crippen LogP contribution in [-0.2, 0) is 6.18 Å². The van der Waals surface area contributed by atoms with Crippen molar-refractivity contribution in [3.8, 4) is 5.69 Å². The van der Waals surface area contributed by atoms with Gasteiger partial charge in [0, 0.05) is 11.4 Å². The number of anilines is 1. The summed E-state index contributed by atoms with van der Waals surface area (Å²) in [6, 6.07) is 16.0. The molecular weight excluding hydrogens is 371 g/mol. The summed E-state index contributed by atoms with van der Waals surface area (Å²) in [5.74, 6) is -0.699. The summed E-state index contributed by atoms with van der Waals surface area (Å²) in [5.41, 5.74) is 4.33. The summed E-state index contributed by atoms with van der Waals surface area (Å²) < 4.78 is 40.1. The number of carbonyl (C=O) groups is 1. The fourth-order valence-electron chi connectivity index (χ4n) is 2.66. The van der Waals surface area contributed by atoms with Crippen molar-refractivity contribution in [1.82, 2.24) is 9.99 Å². The van der Waals surface area contributed by atoms with Gasteiger partial charge in [0.15, 0.2) is 0 Å². The van der Waals surface area contributed by atoms with Gasteiger partial charge in [-0.2, -0.15) is 13.2 Å². The summed E-state index contributed by atoms with van der Waals surface area (Å²) in [6.07, 6.45) is -4.54. The third kappa shape index (κ3) is 4.06. The van der Waals surface area contributed by atoms with Crippen molar-refractivity contribution >= 4 is 11.6 Å². The lowest BCUT2D eigenvalue weighted by atomic mass is 10.1. The highest BCUT2D eigenvalue weighted by Crippen LogP contribution is 2.30. The van der Waals surface area contributed by atoms with Crippen LogP contribution in [-0.4, -0.2) is 10.5 Å². The van der Waals surface area contributed by atoms with Gasteiger partial charge in [0.2, 0.25) is 0 Å². The number of aryl methyl sites for hydroxylation is 1. The highest BCUT2D eigenvalue weighted by molar-refractivity contribution is 5.94. The molecule has 0 aliphatic heterocycles. The zero-order chi connectivity index (χ0) is 20.3. The number of carbonyl (C=O) groups excluding carboxylic acids is 1. The molecule has 2 N–H and O–H groups in total. The van der Waals surface area contributed by atoms with Crippen LogP contribution < -0.4 is 16.4 Å². The van der Waals surface area contributed by atoms with Crippen LogP contribution in [0.2, 0.25) is 0 Å². The van der Waals surface area contributed by atoms with Crippen molar-refractivity contribution in [2.75, 3.05) is 5.43 Å². The minimum Gasteiger partial charge on any atom is -0.298 e. The lowest BCUT2D eigenvalue weighted by Crippen LogP contribution is -2.36. The highest BCUT2D eigenvalue weighted by atomic mass is 19.4. The van der Waals surface area contributed by atoms with Crippen molar-refractivity contribution in [3.63, 3.8) is 0 Å². The lowest BCUT2D eigenvalue weighted by molar-refractivity contribution is -0.137. The SMILES string of the molecule is Cc1ccc(C(=O)NNc2ccccc2)c(=O)n1-c1cccc(C(F)(F)F)c1. The minimum atomic E-state index is -4.54. The molecule has 8 heteroatoms. The molecule has 0 bridgehead atoms. The highest BCUT2D eigenvalue weighted by Gasteiger charge is 2.30. The fourth-order valence-corrected chi connectivity index (χ4v) is 2.66. The molecule has 0 aliphatic carbocycles. The molecule has 3 aromatic rings. The summed E-state index contributed by atoms with van der Waals surface area (Å²) in [5, 5.41) is 0. The van der Waals surface area contributed by atoms with Crippen LogP contribution in [0.25, 0.3) is 5.69 Å². The van der Waals surface area contributed by atoms with E-state index in [4.69, 9.17) is 0 Å². The Hall–Kier alpha value is -3.55. The Bertz CT molecular complexity index is 1060. The molecule has 2 aromatic carbocycles. The molecule has 0 unspecified atom stereocenters. The van der Waals surface area contributed by atoms with Crippen molar-refractivity contribution in [1.29, 1.82) is 0 Å². The van der Waals surface area contributed by atoms with E-state index in [1.807, 2.05) is 0 Å². The standard InChI is InChI=1S/C20H16F3N3O2/c1-13-10-11-17(18(27)25-24-15-7-3-2-4-8-15)19(28)26(13)16-9-5-6-14(12-16)20(21,22)23/h2-12,24H,1H3,(H,25,27). The second-order valence-corrected chi connectivity index (χ2v) is 6.02. The molecule has 1 aromatic heterocycles. The van der Waals surface area contributed by atoms with Crippen LogP contribution in [0, 0.1) is 6.92 Å². The van der Waals surface area contributed by atoms with E-state index in [2.05, 4.69) is 10.9 Å². The van der Waals surface area contributed by atoms with Crippen LogP contribution in [0.15, 0.2) is 71.5 Å². The summed E-state index contributed by atoms with van der Waals surface area (Å²) in [4.78, 5) is 25.2. The van der Waals surface area contributed by atoms with Crippen molar-refractivity contribution < 1.29 is 18.0 Å². The Morgan fingerprint density at radius 2 is 1.68 bits per heavy atom.